The number of rotatable bonds is 7. The van der Waals surface area contributed by atoms with Gasteiger partial charge < -0.3 is 15.5 Å². The summed E-state index contributed by atoms with van der Waals surface area (Å²) in [4.78, 5) is 11.6. The van der Waals surface area contributed by atoms with Crippen LogP contribution in [-0.2, 0) is 6.42 Å². The molecule has 2 aromatic rings. The van der Waals surface area contributed by atoms with E-state index >= 15 is 0 Å². The highest BCUT2D eigenvalue weighted by atomic mass is 19.1. The van der Waals surface area contributed by atoms with Crippen molar-refractivity contribution in [3.05, 3.63) is 41.8 Å². The van der Waals surface area contributed by atoms with E-state index in [-0.39, 0.29) is 5.82 Å². The first-order chi connectivity index (χ1) is 12.2. The molecule has 0 aliphatic carbocycles. The Hall–Kier alpha value is -2.21. The predicted molar refractivity (Wildman–Crippen MR) is 100 cm³/mol. The standard InChI is InChI=1S/C19H26FN5/c1-3-5-16-12-18(25-11-10-17(13-25)21-4-2)24-19(23-16)22-15-8-6-14(20)7-9-15/h6-9,12,17,21H,3-5,10-11,13H2,1-2H3,(H,22,23,24). The summed E-state index contributed by atoms with van der Waals surface area (Å²) in [6.07, 6.45) is 3.08. The number of hydrogen-bond acceptors (Lipinski definition) is 5. The minimum atomic E-state index is -0.251. The lowest BCUT2D eigenvalue weighted by atomic mass is 10.2. The normalized spacial score (nSPS) is 17.1. The van der Waals surface area contributed by atoms with E-state index in [9.17, 15) is 4.39 Å². The minimum Gasteiger partial charge on any atom is -0.355 e. The molecule has 1 aromatic heterocycles. The molecular weight excluding hydrogens is 317 g/mol. The molecule has 0 amide bonds. The third-order valence-electron chi connectivity index (χ3n) is 4.38. The van der Waals surface area contributed by atoms with Crippen LogP contribution < -0.4 is 15.5 Å². The summed E-state index contributed by atoms with van der Waals surface area (Å²) in [7, 11) is 0. The summed E-state index contributed by atoms with van der Waals surface area (Å²) in [5, 5.41) is 6.71. The summed E-state index contributed by atoms with van der Waals surface area (Å²) < 4.78 is 13.1. The molecule has 6 heteroatoms. The molecular formula is C19H26FN5. The summed E-state index contributed by atoms with van der Waals surface area (Å²) in [5.74, 6) is 1.28. The topological polar surface area (TPSA) is 53.1 Å². The van der Waals surface area contributed by atoms with E-state index in [0.29, 0.717) is 12.0 Å². The molecule has 1 aliphatic rings. The Labute approximate surface area is 148 Å². The van der Waals surface area contributed by atoms with Gasteiger partial charge in [-0.25, -0.2) is 9.37 Å². The monoisotopic (exact) mass is 343 g/mol. The van der Waals surface area contributed by atoms with Crippen molar-refractivity contribution in [2.75, 3.05) is 29.9 Å². The van der Waals surface area contributed by atoms with Crippen LogP contribution in [0.4, 0.5) is 21.8 Å². The van der Waals surface area contributed by atoms with Crippen LogP contribution >= 0.6 is 0 Å². The summed E-state index contributed by atoms with van der Waals surface area (Å²) in [6, 6.07) is 8.86. The Morgan fingerprint density at radius 1 is 1.20 bits per heavy atom. The van der Waals surface area contributed by atoms with Gasteiger partial charge in [0.2, 0.25) is 5.95 Å². The lowest BCUT2D eigenvalue weighted by Gasteiger charge is -2.19. The highest BCUT2D eigenvalue weighted by molar-refractivity contribution is 5.56. The van der Waals surface area contributed by atoms with Gasteiger partial charge in [-0.05, 0) is 43.7 Å². The van der Waals surface area contributed by atoms with Crippen LogP contribution in [0, 0.1) is 5.82 Å². The van der Waals surface area contributed by atoms with Gasteiger partial charge in [0.25, 0.3) is 0 Å². The number of aryl methyl sites for hydroxylation is 1. The van der Waals surface area contributed by atoms with E-state index in [0.717, 1.165) is 56.1 Å². The second-order valence-corrected chi connectivity index (χ2v) is 6.41. The highest BCUT2D eigenvalue weighted by Crippen LogP contribution is 2.23. The molecule has 1 aliphatic heterocycles. The lowest BCUT2D eigenvalue weighted by Crippen LogP contribution is -2.32. The Morgan fingerprint density at radius 2 is 2.00 bits per heavy atom. The minimum absolute atomic E-state index is 0.251. The number of likely N-dealkylation sites (N-methyl/N-ethyl adjacent to an activating group) is 1. The quantitative estimate of drug-likeness (QED) is 0.806. The van der Waals surface area contributed by atoms with Crippen molar-refractivity contribution in [1.82, 2.24) is 15.3 Å². The third-order valence-corrected chi connectivity index (χ3v) is 4.38. The molecule has 2 N–H and O–H groups in total. The zero-order chi connectivity index (χ0) is 17.6. The number of benzene rings is 1. The van der Waals surface area contributed by atoms with Crippen LogP contribution in [0.5, 0.6) is 0 Å². The Balaban J connectivity index is 1.80. The fourth-order valence-corrected chi connectivity index (χ4v) is 3.17. The van der Waals surface area contributed by atoms with Gasteiger partial charge in [0.15, 0.2) is 0 Å². The van der Waals surface area contributed by atoms with E-state index in [1.807, 2.05) is 0 Å². The Morgan fingerprint density at radius 3 is 2.72 bits per heavy atom. The molecule has 25 heavy (non-hydrogen) atoms. The molecule has 1 unspecified atom stereocenters. The van der Waals surface area contributed by atoms with E-state index in [1.165, 1.54) is 12.1 Å². The fourth-order valence-electron chi connectivity index (χ4n) is 3.17. The van der Waals surface area contributed by atoms with E-state index in [1.54, 1.807) is 12.1 Å². The van der Waals surface area contributed by atoms with Gasteiger partial charge in [0, 0.05) is 36.6 Å². The number of anilines is 3. The maximum atomic E-state index is 13.1. The van der Waals surface area contributed by atoms with Crippen molar-refractivity contribution in [2.45, 2.75) is 39.2 Å². The first-order valence-corrected chi connectivity index (χ1v) is 9.06. The van der Waals surface area contributed by atoms with Gasteiger partial charge in [0.05, 0.1) is 0 Å². The molecule has 2 heterocycles. The first kappa shape index (κ1) is 17.6. The number of aromatic nitrogens is 2. The predicted octanol–water partition coefficient (Wildman–Crippen LogP) is 3.50. The molecule has 1 fully saturated rings. The van der Waals surface area contributed by atoms with Gasteiger partial charge in [-0.1, -0.05) is 20.3 Å². The van der Waals surface area contributed by atoms with Crippen molar-refractivity contribution in [3.63, 3.8) is 0 Å². The van der Waals surface area contributed by atoms with Crippen molar-refractivity contribution in [3.8, 4) is 0 Å². The average molecular weight is 343 g/mol. The van der Waals surface area contributed by atoms with Crippen molar-refractivity contribution in [2.24, 2.45) is 0 Å². The van der Waals surface area contributed by atoms with Gasteiger partial charge >= 0.3 is 0 Å². The van der Waals surface area contributed by atoms with Crippen LogP contribution in [0.3, 0.4) is 0 Å². The number of nitrogens with zero attached hydrogens (tertiary/aromatic N) is 3. The van der Waals surface area contributed by atoms with Gasteiger partial charge in [-0.15, -0.1) is 0 Å². The highest BCUT2D eigenvalue weighted by Gasteiger charge is 2.23. The second kappa shape index (κ2) is 8.25. The number of halogens is 1. The zero-order valence-electron chi connectivity index (χ0n) is 14.9. The number of hydrogen-bond donors (Lipinski definition) is 2. The van der Waals surface area contributed by atoms with E-state index in [2.05, 4.69) is 40.4 Å². The average Bonchev–Trinajstić information content (AvgIpc) is 3.06. The molecule has 1 atom stereocenters. The van der Waals surface area contributed by atoms with Crippen LogP contribution in [-0.4, -0.2) is 35.6 Å². The SMILES string of the molecule is CCCc1cc(N2CCC(NCC)C2)nc(Nc2ccc(F)cc2)n1. The third kappa shape index (κ3) is 4.66. The zero-order valence-corrected chi connectivity index (χ0v) is 14.9. The van der Waals surface area contributed by atoms with Crippen LogP contribution in [0.15, 0.2) is 30.3 Å². The van der Waals surface area contributed by atoms with E-state index < -0.39 is 0 Å². The maximum absolute atomic E-state index is 13.1. The Kier molecular flexibility index (Phi) is 5.81. The second-order valence-electron chi connectivity index (χ2n) is 6.41. The van der Waals surface area contributed by atoms with Gasteiger partial charge in [-0.3, -0.25) is 0 Å². The molecule has 1 saturated heterocycles. The largest absolute Gasteiger partial charge is 0.355 e. The molecule has 134 valence electrons. The van der Waals surface area contributed by atoms with Crippen LogP contribution in [0.2, 0.25) is 0 Å². The van der Waals surface area contributed by atoms with E-state index in [4.69, 9.17) is 4.98 Å². The molecule has 0 bridgehead atoms. The van der Waals surface area contributed by atoms with Crippen molar-refractivity contribution < 1.29 is 4.39 Å². The van der Waals surface area contributed by atoms with Gasteiger partial charge in [0.1, 0.15) is 11.6 Å². The smallest absolute Gasteiger partial charge is 0.229 e. The van der Waals surface area contributed by atoms with Crippen LogP contribution in [0.25, 0.3) is 0 Å². The first-order valence-electron chi connectivity index (χ1n) is 9.06. The lowest BCUT2D eigenvalue weighted by molar-refractivity contribution is 0.571. The summed E-state index contributed by atoms with van der Waals surface area (Å²) >= 11 is 0. The Bertz CT molecular complexity index is 689. The molecule has 1 aromatic carbocycles. The van der Waals surface area contributed by atoms with Crippen molar-refractivity contribution in [1.29, 1.82) is 0 Å². The summed E-state index contributed by atoms with van der Waals surface area (Å²) in [6.45, 7) is 7.23. The molecule has 0 spiro atoms. The molecule has 5 nitrogen and oxygen atoms in total. The number of nitrogens with one attached hydrogen (secondary N) is 2. The molecule has 3 rings (SSSR count). The van der Waals surface area contributed by atoms with Crippen molar-refractivity contribution >= 4 is 17.5 Å². The fraction of sp³-hybridized carbons (Fsp3) is 0.474. The molecule has 0 saturated carbocycles. The maximum Gasteiger partial charge on any atom is 0.229 e. The van der Waals surface area contributed by atoms with Gasteiger partial charge in [-0.2, -0.15) is 4.98 Å². The molecule has 0 radical (unpaired) electrons. The summed E-state index contributed by atoms with van der Waals surface area (Å²) in [5.41, 5.74) is 1.82. The van der Waals surface area contributed by atoms with Crippen LogP contribution in [0.1, 0.15) is 32.4 Å².